The summed E-state index contributed by atoms with van der Waals surface area (Å²) in [6.07, 6.45) is 0.504. The topological polar surface area (TPSA) is 63.4 Å². The van der Waals surface area contributed by atoms with Crippen LogP contribution < -0.4 is 10.6 Å². The van der Waals surface area contributed by atoms with Crippen molar-refractivity contribution in [2.24, 2.45) is 5.73 Å². The van der Waals surface area contributed by atoms with Crippen LogP contribution in [0.3, 0.4) is 0 Å². The van der Waals surface area contributed by atoms with Gasteiger partial charge in [-0.15, -0.1) is 0 Å². The predicted octanol–water partition coefficient (Wildman–Crippen LogP) is 2.87. The maximum atomic E-state index is 12.7. The Morgan fingerprint density at radius 2 is 1.91 bits per heavy atom. The van der Waals surface area contributed by atoms with Crippen LogP contribution in [0, 0.1) is 0 Å². The first kappa shape index (κ1) is 15.4. The number of carbonyl (C=O) groups is 2. The predicted molar refractivity (Wildman–Crippen MR) is 90.5 cm³/mol. The number of ketones is 1. The lowest BCUT2D eigenvalue weighted by Gasteiger charge is -2.37. The molecule has 0 aromatic heterocycles. The molecule has 0 unspecified atom stereocenters. The van der Waals surface area contributed by atoms with Gasteiger partial charge >= 0.3 is 0 Å². The zero-order valence-electron chi connectivity index (χ0n) is 13.3. The molecule has 2 N–H and O–H groups in total. The number of fused-ring (bicyclic) bond motifs is 1. The molecular formula is C19H20N2O2. The van der Waals surface area contributed by atoms with Crippen molar-refractivity contribution in [1.82, 2.24) is 0 Å². The lowest BCUT2D eigenvalue weighted by atomic mass is 9.93. The van der Waals surface area contributed by atoms with Crippen LogP contribution in [0.25, 0.3) is 0 Å². The normalized spacial score (nSPS) is 18.5. The van der Waals surface area contributed by atoms with Gasteiger partial charge in [-0.3, -0.25) is 9.59 Å². The molecule has 1 amide bonds. The van der Waals surface area contributed by atoms with Crippen LogP contribution in [0.4, 0.5) is 5.69 Å². The smallest absolute Gasteiger partial charge is 0.244 e. The third-order valence-corrected chi connectivity index (χ3v) is 4.42. The van der Waals surface area contributed by atoms with Gasteiger partial charge in [0.2, 0.25) is 5.91 Å². The summed E-state index contributed by atoms with van der Waals surface area (Å²) in [5.74, 6) is -0.114. The molecule has 2 atom stereocenters. The highest BCUT2D eigenvalue weighted by molar-refractivity contribution is 6.03. The minimum Gasteiger partial charge on any atom is -0.320 e. The van der Waals surface area contributed by atoms with Crippen LogP contribution in [0.5, 0.6) is 0 Å². The van der Waals surface area contributed by atoms with E-state index in [1.807, 2.05) is 43.3 Å². The van der Waals surface area contributed by atoms with Crippen LogP contribution in [0.1, 0.15) is 41.4 Å². The van der Waals surface area contributed by atoms with E-state index in [-0.39, 0.29) is 17.7 Å². The Morgan fingerprint density at radius 3 is 2.57 bits per heavy atom. The quantitative estimate of drug-likeness (QED) is 0.887. The maximum absolute atomic E-state index is 12.7. The van der Waals surface area contributed by atoms with Crippen molar-refractivity contribution in [3.05, 3.63) is 65.2 Å². The fraction of sp³-hybridized carbons (Fsp3) is 0.263. The number of hydrogen-bond donors (Lipinski definition) is 1. The highest BCUT2D eigenvalue weighted by Crippen LogP contribution is 2.35. The van der Waals surface area contributed by atoms with E-state index in [4.69, 9.17) is 5.73 Å². The Balaban J connectivity index is 2.10. The van der Waals surface area contributed by atoms with Crippen molar-refractivity contribution >= 4 is 17.4 Å². The second-order valence-corrected chi connectivity index (χ2v) is 6.01. The minimum absolute atomic E-state index is 0.0116. The van der Waals surface area contributed by atoms with Gasteiger partial charge in [0.1, 0.15) is 0 Å². The molecule has 0 saturated carbocycles. The summed E-state index contributed by atoms with van der Waals surface area (Å²) < 4.78 is 0. The summed E-state index contributed by atoms with van der Waals surface area (Å²) in [7, 11) is 0. The van der Waals surface area contributed by atoms with Gasteiger partial charge in [0.05, 0.1) is 12.1 Å². The SMILES string of the molecule is CC(=O)c1ccc2c(c1)N([C@@H](C)c1ccccc1)C(=O)[C@H](N)C2. The summed E-state index contributed by atoms with van der Waals surface area (Å²) in [4.78, 5) is 26.1. The van der Waals surface area contributed by atoms with Gasteiger partial charge in [-0.2, -0.15) is 0 Å². The molecule has 3 rings (SSSR count). The van der Waals surface area contributed by atoms with Crippen molar-refractivity contribution in [2.45, 2.75) is 32.4 Å². The van der Waals surface area contributed by atoms with Crippen molar-refractivity contribution in [3.63, 3.8) is 0 Å². The third-order valence-electron chi connectivity index (χ3n) is 4.42. The van der Waals surface area contributed by atoms with E-state index in [9.17, 15) is 9.59 Å². The third kappa shape index (κ3) is 2.78. The summed E-state index contributed by atoms with van der Waals surface area (Å²) in [6, 6.07) is 14.7. The Morgan fingerprint density at radius 1 is 1.22 bits per heavy atom. The number of hydrogen-bond acceptors (Lipinski definition) is 3. The van der Waals surface area contributed by atoms with Gasteiger partial charge < -0.3 is 10.6 Å². The van der Waals surface area contributed by atoms with Crippen molar-refractivity contribution in [1.29, 1.82) is 0 Å². The molecule has 0 bridgehead atoms. The molecule has 1 heterocycles. The first-order valence-electron chi connectivity index (χ1n) is 7.76. The molecule has 0 spiro atoms. The Kier molecular flexibility index (Phi) is 4.01. The number of anilines is 1. The van der Waals surface area contributed by atoms with Crippen LogP contribution in [0.15, 0.2) is 48.5 Å². The van der Waals surface area contributed by atoms with E-state index in [1.165, 1.54) is 6.92 Å². The molecule has 0 radical (unpaired) electrons. The number of nitrogens with two attached hydrogens (primary N) is 1. The number of rotatable bonds is 3. The minimum atomic E-state index is -0.545. The molecule has 23 heavy (non-hydrogen) atoms. The molecule has 118 valence electrons. The number of nitrogens with zero attached hydrogens (tertiary/aromatic N) is 1. The Hall–Kier alpha value is -2.46. The van der Waals surface area contributed by atoms with Gasteiger partial charge in [-0.1, -0.05) is 42.5 Å². The number of benzene rings is 2. The van der Waals surface area contributed by atoms with E-state index in [1.54, 1.807) is 17.0 Å². The molecule has 1 aliphatic heterocycles. The molecular weight excluding hydrogens is 288 g/mol. The second kappa shape index (κ2) is 5.97. The maximum Gasteiger partial charge on any atom is 0.244 e. The fourth-order valence-electron chi connectivity index (χ4n) is 3.08. The first-order chi connectivity index (χ1) is 11.0. The summed E-state index contributed by atoms with van der Waals surface area (Å²) in [5, 5.41) is 0. The van der Waals surface area contributed by atoms with Crippen LogP contribution in [0.2, 0.25) is 0 Å². The van der Waals surface area contributed by atoms with E-state index in [0.29, 0.717) is 12.0 Å². The van der Waals surface area contributed by atoms with Crippen LogP contribution >= 0.6 is 0 Å². The molecule has 0 saturated heterocycles. The molecule has 0 aliphatic carbocycles. The van der Waals surface area contributed by atoms with E-state index < -0.39 is 6.04 Å². The molecule has 2 aromatic carbocycles. The standard InChI is InChI=1S/C19H20N2O2/c1-12(14-6-4-3-5-7-14)21-18-11-15(13(2)22)8-9-16(18)10-17(20)19(21)23/h3-9,11-12,17H,10,20H2,1-2H3/t12-,17+/m0/s1. The van der Waals surface area contributed by atoms with Gasteiger partial charge in [0.15, 0.2) is 5.78 Å². The van der Waals surface area contributed by atoms with Gasteiger partial charge in [0, 0.05) is 11.3 Å². The van der Waals surface area contributed by atoms with Crippen LogP contribution in [-0.2, 0) is 11.2 Å². The number of amides is 1. The number of Topliss-reactive ketones (excluding diaryl/α,β-unsaturated/α-hetero) is 1. The van der Waals surface area contributed by atoms with Gasteiger partial charge in [0.25, 0.3) is 0 Å². The Bertz CT molecular complexity index is 755. The summed E-state index contributed by atoms with van der Waals surface area (Å²) in [6.45, 7) is 3.51. The van der Waals surface area contributed by atoms with Gasteiger partial charge in [-0.25, -0.2) is 0 Å². The monoisotopic (exact) mass is 308 g/mol. The second-order valence-electron chi connectivity index (χ2n) is 6.01. The van der Waals surface area contributed by atoms with Gasteiger partial charge in [-0.05, 0) is 37.5 Å². The Labute approximate surface area is 135 Å². The number of carbonyl (C=O) groups excluding carboxylic acids is 2. The van der Waals surface area contributed by atoms with E-state index in [0.717, 1.165) is 16.8 Å². The molecule has 0 fully saturated rings. The average Bonchev–Trinajstić information content (AvgIpc) is 2.56. The highest BCUT2D eigenvalue weighted by Gasteiger charge is 2.34. The highest BCUT2D eigenvalue weighted by atomic mass is 16.2. The van der Waals surface area contributed by atoms with Crippen molar-refractivity contribution in [3.8, 4) is 0 Å². The molecule has 2 aromatic rings. The molecule has 4 heteroatoms. The largest absolute Gasteiger partial charge is 0.320 e. The zero-order chi connectivity index (χ0) is 16.6. The van der Waals surface area contributed by atoms with Crippen LogP contribution in [-0.4, -0.2) is 17.7 Å². The molecule has 1 aliphatic rings. The fourth-order valence-corrected chi connectivity index (χ4v) is 3.08. The summed E-state index contributed by atoms with van der Waals surface area (Å²) in [5.41, 5.74) is 9.48. The summed E-state index contributed by atoms with van der Waals surface area (Å²) >= 11 is 0. The van der Waals surface area contributed by atoms with Crippen molar-refractivity contribution < 1.29 is 9.59 Å². The lowest BCUT2D eigenvalue weighted by Crippen LogP contribution is -2.49. The lowest BCUT2D eigenvalue weighted by molar-refractivity contribution is -0.120. The van der Waals surface area contributed by atoms with E-state index in [2.05, 4.69) is 0 Å². The first-order valence-corrected chi connectivity index (χ1v) is 7.76. The average molecular weight is 308 g/mol. The van der Waals surface area contributed by atoms with Crippen molar-refractivity contribution in [2.75, 3.05) is 4.90 Å². The molecule has 4 nitrogen and oxygen atoms in total. The van der Waals surface area contributed by atoms with E-state index >= 15 is 0 Å². The zero-order valence-corrected chi connectivity index (χ0v) is 13.3.